The molecule has 2 aliphatic heterocycles. The number of amides is 2. The molecule has 1 N–H and O–H groups in total. The van der Waals surface area contributed by atoms with Crippen molar-refractivity contribution in [2.45, 2.75) is 25.2 Å². The van der Waals surface area contributed by atoms with Gasteiger partial charge >= 0.3 is 0 Å². The fourth-order valence-electron chi connectivity index (χ4n) is 3.32. The van der Waals surface area contributed by atoms with Crippen molar-refractivity contribution in [3.8, 4) is 11.5 Å². The highest BCUT2D eigenvalue weighted by molar-refractivity contribution is 7.15. The highest BCUT2D eigenvalue weighted by Crippen LogP contribution is 2.42. The Morgan fingerprint density at radius 2 is 2.00 bits per heavy atom. The van der Waals surface area contributed by atoms with Gasteiger partial charge in [-0.15, -0.1) is 10.2 Å². The van der Waals surface area contributed by atoms with Gasteiger partial charge in [0.2, 0.25) is 16.9 Å². The molecule has 0 spiro atoms. The van der Waals surface area contributed by atoms with Crippen LogP contribution in [0.5, 0.6) is 11.5 Å². The maximum atomic E-state index is 12.6. The first-order valence-corrected chi connectivity index (χ1v) is 9.83. The lowest BCUT2D eigenvalue weighted by Crippen LogP contribution is -2.28. The van der Waals surface area contributed by atoms with Gasteiger partial charge in [-0.25, -0.2) is 0 Å². The molecule has 2 amide bonds. The number of ether oxygens (including phenoxy) is 2. The molecular formula is C18H18N4O4S. The van der Waals surface area contributed by atoms with E-state index in [4.69, 9.17) is 9.47 Å². The Bertz CT molecular complexity index is 911. The topological polar surface area (TPSA) is 93.7 Å². The number of rotatable bonds is 4. The molecule has 1 saturated carbocycles. The summed E-state index contributed by atoms with van der Waals surface area (Å²) >= 11 is 1.42. The van der Waals surface area contributed by atoms with Crippen LogP contribution in [0.4, 0.5) is 10.8 Å². The summed E-state index contributed by atoms with van der Waals surface area (Å²) in [4.78, 5) is 26.7. The molecule has 1 aromatic carbocycles. The van der Waals surface area contributed by atoms with Crippen molar-refractivity contribution in [3.63, 3.8) is 0 Å². The van der Waals surface area contributed by atoms with Crippen LogP contribution in [0.1, 0.15) is 30.2 Å². The van der Waals surface area contributed by atoms with Crippen LogP contribution in [0, 0.1) is 5.92 Å². The van der Waals surface area contributed by atoms with Crippen LogP contribution in [0.15, 0.2) is 18.2 Å². The number of hydrogen-bond donors (Lipinski definition) is 1. The van der Waals surface area contributed by atoms with Gasteiger partial charge in [0.1, 0.15) is 18.2 Å². The number of benzene rings is 1. The number of nitrogens with one attached hydrogen (secondary N) is 1. The lowest BCUT2D eigenvalue weighted by molar-refractivity contribution is -0.122. The summed E-state index contributed by atoms with van der Waals surface area (Å²) in [7, 11) is 0. The van der Waals surface area contributed by atoms with E-state index in [-0.39, 0.29) is 18.2 Å². The van der Waals surface area contributed by atoms with Crippen molar-refractivity contribution in [2.75, 3.05) is 30.0 Å². The predicted octanol–water partition coefficient (Wildman–Crippen LogP) is 2.18. The Labute approximate surface area is 159 Å². The molecule has 27 heavy (non-hydrogen) atoms. The number of aromatic nitrogens is 2. The van der Waals surface area contributed by atoms with Gasteiger partial charge in [0.25, 0.3) is 0 Å². The maximum Gasteiger partial charge on any atom is 0.231 e. The lowest BCUT2D eigenvalue weighted by atomic mass is 10.1. The largest absolute Gasteiger partial charge is 0.486 e. The molecule has 2 aromatic rings. The van der Waals surface area contributed by atoms with Crippen molar-refractivity contribution < 1.29 is 19.1 Å². The van der Waals surface area contributed by atoms with Gasteiger partial charge in [-0.1, -0.05) is 11.3 Å². The van der Waals surface area contributed by atoms with Gasteiger partial charge in [-0.2, -0.15) is 0 Å². The molecule has 8 nitrogen and oxygen atoms in total. The minimum Gasteiger partial charge on any atom is -0.486 e. The standard InChI is InChI=1S/C18H18N4O4S/c23-15-7-11(16(24)19-18-21-20-17(27-18)10-1-2-10)9-22(15)12-3-4-13-14(8-12)26-6-5-25-13/h3-4,8,10-11H,1-2,5-7,9H2,(H,19,21,24)/t11-/m0/s1. The summed E-state index contributed by atoms with van der Waals surface area (Å²) in [5.74, 6) is 1.12. The minimum atomic E-state index is -0.418. The van der Waals surface area contributed by atoms with Crippen LogP contribution in [-0.4, -0.2) is 41.8 Å². The number of hydrogen-bond acceptors (Lipinski definition) is 7. The van der Waals surface area contributed by atoms with E-state index in [0.717, 1.165) is 17.8 Å². The summed E-state index contributed by atoms with van der Waals surface area (Å²) in [5.41, 5.74) is 0.714. The second kappa shape index (κ2) is 6.49. The number of nitrogens with zero attached hydrogens (tertiary/aromatic N) is 3. The molecule has 1 aromatic heterocycles. The van der Waals surface area contributed by atoms with E-state index in [1.807, 2.05) is 6.07 Å². The Morgan fingerprint density at radius 3 is 2.81 bits per heavy atom. The predicted molar refractivity (Wildman–Crippen MR) is 98.4 cm³/mol. The van der Waals surface area contributed by atoms with E-state index in [9.17, 15) is 9.59 Å². The Morgan fingerprint density at radius 1 is 1.19 bits per heavy atom. The fraction of sp³-hybridized carbons (Fsp3) is 0.444. The molecule has 0 radical (unpaired) electrons. The molecular weight excluding hydrogens is 368 g/mol. The highest BCUT2D eigenvalue weighted by Gasteiger charge is 2.36. The smallest absolute Gasteiger partial charge is 0.231 e. The summed E-state index contributed by atoms with van der Waals surface area (Å²) < 4.78 is 11.1. The summed E-state index contributed by atoms with van der Waals surface area (Å²) in [6.45, 7) is 1.34. The monoisotopic (exact) mass is 386 g/mol. The van der Waals surface area contributed by atoms with Gasteiger partial charge in [0, 0.05) is 30.6 Å². The molecule has 140 valence electrons. The average Bonchev–Trinajstić information content (AvgIpc) is 3.31. The Kier molecular flexibility index (Phi) is 3.96. The third-order valence-electron chi connectivity index (χ3n) is 4.93. The van der Waals surface area contributed by atoms with Crippen molar-refractivity contribution in [1.82, 2.24) is 10.2 Å². The minimum absolute atomic E-state index is 0.0808. The van der Waals surface area contributed by atoms with Crippen LogP contribution >= 0.6 is 11.3 Å². The fourth-order valence-corrected chi connectivity index (χ4v) is 4.24. The van der Waals surface area contributed by atoms with Gasteiger partial charge in [-0.3, -0.25) is 9.59 Å². The molecule has 9 heteroatoms. The molecule has 0 bridgehead atoms. The van der Waals surface area contributed by atoms with E-state index in [2.05, 4.69) is 15.5 Å². The first-order valence-electron chi connectivity index (χ1n) is 9.01. The van der Waals surface area contributed by atoms with Gasteiger partial charge in [0.15, 0.2) is 11.5 Å². The second-order valence-corrected chi connectivity index (χ2v) is 7.95. The molecule has 1 atom stereocenters. The van der Waals surface area contributed by atoms with Gasteiger partial charge in [0.05, 0.1) is 5.92 Å². The van der Waals surface area contributed by atoms with Crippen molar-refractivity contribution >= 4 is 34.0 Å². The summed E-state index contributed by atoms with van der Waals surface area (Å²) in [6, 6.07) is 5.41. The van der Waals surface area contributed by atoms with Crippen LogP contribution in [0.2, 0.25) is 0 Å². The summed E-state index contributed by atoms with van der Waals surface area (Å²) in [5, 5.41) is 12.5. The van der Waals surface area contributed by atoms with E-state index in [1.54, 1.807) is 17.0 Å². The Balaban J connectivity index is 1.27. The van der Waals surface area contributed by atoms with Crippen molar-refractivity contribution in [2.24, 2.45) is 5.92 Å². The molecule has 1 saturated heterocycles. The van der Waals surface area contributed by atoms with E-state index >= 15 is 0 Å². The SMILES string of the molecule is O=C(Nc1nnc(C2CC2)s1)[C@H]1CC(=O)N(c2ccc3c(c2)OCCO3)C1. The van der Waals surface area contributed by atoms with Crippen molar-refractivity contribution in [1.29, 1.82) is 0 Å². The third-order valence-corrected chi connectivity index (χ3v) is 5.93. The maximum absolute atomic E-state index is 12.6. The van der Waals surface area contributed by atoms with Crippen LogP contribution in [0.3, 0.4) is 0 Å². The number of anilines is 2. The zero-order valence-electron chi connectivity index (χ0n) is 14.5. The molecule has 1 aliphatic carbocycles. The number of carbonyl (C=O) groups is 2. The number of carbonyl (C=O) groups excluding carboxylic acids is 2. The first kappa shape index (κ1) is 16.5. The van der Waals surface area contributed by atoms with Gasteiger partial charge in [-0.05, 0) is 25.0 Å². The van der Waals surface area contributed by atoms with Crippen molar-refractivity contribution in [3.05, 3.63) is 23.2 Å². The Hall–Kier alpha value is -2.68. The van der Waals surface area contributed by atoms with E-state index in [0.29, 0.717) is 48.0 Å². The summed E-state index contributed by atoms with van der Waals surface area (Å²) in [6.07, 6.45) is 2.46. The normalized spacial score (nSPS) is 21.4. The first-order chi connectivity index (χ1) is 13.2. The van der Waals surface area contributed by atoms with Crippen LogP contribution in [0.25, 0.3) is 0 Å². The van der Waals surface area contributed by atoms with Gasteiger partial charge < -0.3 is 19.7 Å². The van der Waals surface area contributed by atoms with E-state index < -0.39 is 5.92 Å². The highest BCUT2D eigenvalue weighted by atomic mass is 32.1. The number of fused-ring (bicyclic) bond motifs is 1. The molecule has 3 heterocycles. The molecule has 5 rings (SSSR count). The molecule has 0 unspecified atom stereocenters. The third kappa shape index (κ3) is 3.23. The quantitative estimate of drug-likeness (QED) is 0.866. The average molecular weight is 386 g/mol. The van der Waals surface area contributed by atoms with Crippen LogP contribution < -0.4 is 19.7 Å². The molecule has 2 fully saturated rings. The molecule has 3 aliphatic rings. The second-order valence-electron chi connectivity index (χ2n) is 6.94. The van der Waals surface area contributed by atoms with Crippen LogP contribution in [-0.2, 0) is 9.59 Å². The van der Waals surface area contributed by atoms with E-state index in [1.165, 1.54) is 11.3 Å². The zero-order valence-corrected chi connectivity index (χ0v) is 15.3. The lowest BCUT2D eigenvalue weighted by Gasteiger charge is -2.22. The zero-order chi connectivity index (χ0) is 18.4.